The predicted molar refractivity (Wildman–Crippen MR) is 84.3 cm³/mol. The van der Waals surface area contributed by atoms with E-state index < -0.39 is 0 Å². The SMILES string of the molecule is C=C(C)C(=O)Nc1ccc(OC(=O)CCCCCC)cc1. The Morgan fingerprint density at radius 3 is 2.38 bits per heavy atom. The van der Waals surface area contributed by atoms with E-state index in [0.29, 0.717) is 23.4 Å². The van der Waals surface area contributed by atoms with Crippen LogP contribution in [0.3, 0.4) is 0 Å². The van der Waals surface area contributed by atoms with Crippen LogP contribution in [-0.4, -0.2) is 11.9 Å². The lowest BCUT2D eigenvalue weighted by molar-refractivity contribution is -0.134. The molecule has 114 valence electrons. The monoisotopic (exact) mass is 289 g/mol. The average Bonchev–Trinajstić information content (AvgIpc) is 2.45. The molecule has 0 aliphatic heterocycles. The number of unbranched alkanes of at least 4 members (excludes halogenated alkanes) is 3. The summed E-state index contributed by atoms with van der Waals surface area (Å²) in [5, 5.41) is 2.69. The summed E-state index contributed by atoms with van der Waals surface area (Å²) in [6.45, 7) is 7.34. The van der Waals surface area contributed by atoms with Crippen LogP contribution >= 0.6 is 0 Å². The van der Waals surface area contributed by atoms with E-state index in [1.54, 1.807) is 31.2 Å². The molecule has 4 nitrogen and oxygen atoms in total. The second-order valence-electron chi connectivity index (χ2n) is 5.04. The smallest absolute Gasteiger partial charge is 0.311 e. The van der Waals surface area contributed by atoms with Gasteiger partial charge < -0.3 is 10.1 Å². The number of amides is 1. The summed E-state index contributed by atoms with van der Waals surface area (Å²) in [6.07, 6.45) is 4.64. The zero-order valence-electron chi connectivity index (χ0n) is 12.8. The van der Waals surface area contributed by atoms with Crippen molar-refractivity contribution in [2.75, 3.05) is 5.32 Å². The molecule has 0 spiro atoms. The van der Waals surface area contributed by atoms with Gasteiger partial charge in [0.1, 0.15) is 5.75 Å². The summed E-state index contributed by atoms with van der Waals surface area (Å²) in [5.74, 6) is 0.0457. The Balaban J connectivity index is 2.41. The van der Waals surface area contributed by atoms with Gasteiger partial charge in [-0.1, -0.05) is 32.8 Å². The number of anilines is 1. The molecular weight excluding hydrogens is 266 g/mol. The lowest BCUT2D eigenvalue weighted by Crippen LogP contribution is -2.12. The molecule has 0 radical (unpaired) electrons. The zero-order valence-corrected chi connectivity index (χ0v) is 12.8. The van der Waals surface area contributed by atoms with Crippen molar-refractivity contribution >= 4 is 17.6 Å². The van der Waals surface area contributed by atoms with Gasteiger partial charge in [-0.2, -0.15) is 0 Å². The molecule has 0 atom stereocenters. The second kappa shape index (κ2) is 8.95. The number of ether oxygens (including phenoxy) is 1. The highest BCUT2D eigenvalue weighted by Gasteiger charge is 2.06. The van der Waals surface area contributed by atoms with Crippen LogP contribution in [0.1, 0.15) is 46.0 Å². The number of benzene rings is 1. The van der Waals surface area contributed by atoms with E-state index in [4.69, 9.17) is 4.74 Å². The van der Waals surface area contributed by atoms with Crippen LogP contribution in [0.4, 0.5) is 5.69 Å². The fourth-order valence-electron chi connectivity index (χ4n) is 1.72. The van der Waals surface area contributed by atoms with E-state index in [-0.39, 0.29) is 11.9 Å². The molecule has 0 aliphatic rings. The molecule has 0 bridgehead atoms. The maximum absolute atomic E-state index is 11.6. The molecule has 0 aliphatic carbocycles. The minimum atomic E-state index is -0.226. The van der Waals surface area contributed by atoms with Crippen molar-refractivity contribution in [3.8, 4) is 5.75 Å². The van der Waals surface area contributed by atoms with E-state index in [1.165, 1.54) is 0 Å². The standard InChI is InChI=1S/C17H23NO3/c1-4-5-6-7-8-16(19)21-15-11-9-14(10-12-15)18-17(20)13(2)3/h9-12H,2,4-8H2,1,3H3,(H,18,20). The van der Waals surface area contributed by atoms with Crippen molar-refractivity contribution < 1.29 is 14.3 Å². The molecule has 0 saturated carbocycles. The summed E-state index contributed by atoms with van der Waals surface area (Å²) in [7, 11) is 0. The zero-order chi connectivity index (χ0) is 15.7. The Morgan fingerprint density at radius 1 is 1.14 bits per heavy atom. The molecule has 1 amide bonds. The number of esters is 1. The van der Waals surface area contributed by atoms with E-state index in [9.17, 15) is 9.59 Å². The molecule has 1 rings (SSSR count). The number of carbonyl (C=O) groups is 2. The highest BCUT2D eigenvalue weighted by molar-refractivity contribution is 6.02. The first kappa shape index (κ1) is 17.0. The summed E-state index contributed by atoms with van der Waals surface area (Å²) in [5.41, 5.74) is 1.09. The lowest BCUT2D eigenvalue weighted by Gasteiger charge is -2.07. The van der Waals surface area contributed by atoms with Crippen LogP contribution in [0.25, 0.3) is 0 Å². The first-order chi connectivity index (χ1) is 10.0. The Hall–Kier alpha value is -2.10. The van der Waals surface area contributed by atoms with Gasteiger partial charge >= 0.3 is 5.97 Å². The molecule has 1 aromatic rings. The van der Waals surface area contributed by atoms with Crippen molar-refractivity contribution in [3.05, 3.63) is 36.4 Å². The van der Waals surface area contributed by atoms with Crippen molar-refractivity contribution in [2.24, 2.45) is 0 Å². The Kier molecular flexibility index (Phi) is 7.23. The van der Waals surface area contributed by atoms with Crippen LogP contribution in [0.15, 0.2) is 36.4 Å². The van der Waals surface area contributed by atoms with E-state index >= 15 is 0 Å². The molecular formula is C17H23NO3. The highest BCUT2D eigenvalue weighted by atomic mass is 16.5. The third-order valence-electron chi connectivity index (χ3n) is 2.97. The highest BCUT2D eigenvalue weighted by Crippen LogP contribution is 2.17. The number of nitrogens with one attached hydrogen (secondary N) is 1. The summed E-state index contributed by atoms with van der Waals surface area (Å²) < 4.78 is 5.23. The Bertz CT molecular complexity index is 491. The van der Waals surface area contributed by atoms with Crippen LogP contribution in [-0.2, 0) is 9.59 Å². The fourth-order valence-corrected chi connectivity index (χ4v) is 1.72. The predicted octanol–water partition coefficient (Wildman–Crippen LogP) is 4.08. The fraction of sp³-hybridized carbons (Fsp3) is 0.412. The number of rotatable bonds is 8. The van der Waals surface area contributed by atoms with Crippen molar-refractivity contribution in [3.63, 3.8) is 0 Å². The van der Waals surface area contributed by atoms with Crippen molar-refractivity contribution in [2.45, 2.75) is 46.0 Å². The number of carbonyl (C=O) groups excluding carboxylic acids is 2. The van der Waals surface area contributed by atoms with Gasteiger partial charge in [0, 0.05) is 17.7 Å². The van der Waals surface area contributed by atoms with Crippen LogP contribution in [0, 0.1) is 0 Å². The van der Waals surface area contributed by atoms with E-state index in [2.05, 4.69) is 18.8 Å². The van der Waals surface area contributed by atoms with Crippen LogP contribution < -0.4 is 10.1 Å². The Labute approximate surface area is 126 Å². The minimum absolute atomic E-state index is 0.218. The van der Waals surface area contributed by atoms with Gasteiger partial charge in [-0.05, 0) is 37.6 Å². The maximum Gasteiger partial charge on any atom is 0.311 e. The normalized spacial score (nSPS) is 10.0. The van der Waals surface area contributed by atoms with Crippen LogP contribution in [0.2, 0.25) is 0 Å². The van der Waals surface area contributed by atoms with Gasteiger partial charge in [0.25, 0.3) is 5.91 Å². The molecule has 1 N–H and O–H groups in total. The quantitative estimate of drug-likeness (QED) is 0.339. The molecule has 1 aromatic carbocycles. The second-order valence-corrected chi connectivity index (χ2v) is 5.04. The van der Waals surface area contributed by atoms with Gasteiger partial charge in [-0.3, -0.25) is 9.59 Å². The molecule has 21 heavy (non-hydrogen) atoms. The molecule has 0 unspecified atom stereocenters. The van der Waals surface area contributed by atoms with Gasteiger partial charge in [0.2, 0.25) is 0 Å². The third kappa shape index (κ3) is 6.75. The van der Waals surface area contributed by atoms with E-state index in [0.717, 1.165) is 25.7 Å². The molecule has 0 heterocycles. The summed E-state index contributed by atoms with van der Waals surface area (Å²) >= 11 is 0. The van der Waals surface area contributed by atoms with Crippen molar-refractivity contribution in [1.29, 1.82) is 0 Å². The Morgan fingerprint density at radius 2 is 1.81 bits per heavy atom. The molecule has 0 saturated heterocycles. The number of hydrogen-bond acceptors (Lipinski definition) is 3. The molecule has 0 aromatic heterocycles. The molecule has 4 heteroatoms. The van der Waals surface area contributed by atoms with Gasteiger partial charge in [-0.25, -0.2) is 0 Å². The first-order valence-electron chi connectivity index (χ1n) is 7.30. The lowest BCUT2D eigenvalue weighted by atomic mass is 10.1. The average molecular weight is 289 g/mol. The van der Waals surface area contributed by atoms with Crippen molar-refractivity contribution in [1.82, 2.24) is 0 Å². The van der Waals surface area contributed by atoms with Gasteiger partial charge in [0.05, 0.1) is 0 Å². The maximum atomic E-state index is 11.6. The minimum Gasteiger partial charge on any atom is -0.427 e. The summed E-state index contributed by atoms with van der Waals surface area (Å²) in [6, 6.07) is 6.72. The van der Waals surface area contributed by atoms with Gasteiger partial charge in [-0.15, -0.1) is 0 Å². The number of hydrogen-bond donors (Lipinski definition) is 1. The molecule has 0 fully saturated rings. The largest absolute Gasteiger partial charge is 0.427 e. The topological polar surface area (TPSA) is 55.4 Å². The first-order valence-corrected chi connectivity index (χ1v) is 7.30. The third-order valence-corrected chi connectivity index (χ3v) is 2.97. The van der Waals surface area contributed by atoms with Crippen LogP contribution in [0.5, 0.6) is 5.75 Å². The van der Waals surface area contributed by atoms with E-state index in [1.807, 2.05) is 0 Å². The van der Waals surface area contributed by atoms with Gasteiger partial charge in [0.15, 0.2) is 0 Å². The summed E-state index contributed by atoms with van der Waals surface area (Å²) in [4.78, 5) is 23.1.